The lowest BCUT2D eigenvalue weighted by atomic mass is 9.99. The van der Waals surface area contributed by atoms with Crippen molar-refractivity contribution >= 4 is 10.8 Å². The SMILES string of the molecule is COc1cnn[c]c1-c1cccc2ccccc12. The van der Waals surface area contributed by atoms with Crippen LogP contribution < -0.4 is 4.74 Å². The highest BCUT2D eigenvalue weighted by molar-refractivity contribution is 5.97. The second kappa shape index (κ2) is 4.45. The summed E-state index contributed by atoms with van der Waals surface area (Å²) in [4.78, 5) is 0. The molecule has 1 heterocycles. The van der Waals surface area contributed by atoms with Crippen molar-refractivity contribution in [2.24, 2.45) is 0 Å². The molecule has 0 amide bonds. The summed E-state index contributed by atoms with van der Waals surface area (Å²) in [6.07, 6.45) is 4.52. The third kappa shape index (κ3) is 1.70. The molecular formula is C15H11N2O. The van der Waals surface area contributed by atoms with E-state index in [9.17, 15) is 0 Å². The molecule has 87 valence electrons. The molecule has 0 atom stereocenters. The quantitative estimate of drug-likeness (QED) is 0.684. The van der Waals surface area contributed by atoms with Crippen LogP contribution in [0.4, 0.5) is 0 Å². The van der Waals surface area contributed by atoms with Crippen LogP contribution in [0.25, 0.3) is 21.9 Å². The summed E-state index contributed by atoms with van der Waals surface area (Å²) in [5.41, 5.74) is 1.89. The monoisotopic (exact) mass is 235 g/mol. The Labute approximate surface area is 105 Å². The van der Waals surface area contributed by atoms with Crippen LogP contribution in [-0.2, 0) is 0 Å². The first-order chi connectivity index (χ1) is 8.90. The summed E-state index contributed by atoms with van der Waals surface area (Å²) in [6.45, 7) is 0. The van der Waals surface area contributed by atoms with Crippen LogP contribution in [0.3, 0.4) is 0 Å². The highest BCUT2D eigenvalue weighted by Crippen LogP contribution is 2.33. The molecule has 3 rings (SSSR count). The first-order valence-electron chi connectivity index (χ1n) is 5.65. The number of fused-ring (bicyclic) bond motifs is 1. The number of hydrogen-bond acceptors (Lipinski definition) is 3. The maximum atomic E-state index is 5.31. The van der Waals surface area contributed by atoms with E-state index in [1.807, 2.05) is 24.3 Å². The molecule has 0 bridgehead atoms. The minimum absolute atomic E-state index is 0.682. The topological polar surface area (TPSA) is 35.0 Å². The Morgan fingerprint density at radius 2 is 1.89 bits per heavy atom. The standard InChI is InChI=1S/C15H11N2O/c1-18-15-10-17-16-9-14(15)13-8-4-6-11-5-2-3-7-12(11)13/h2-8,10H,1H3. The molecule has 0 saturated heterocycles. The smallest absolute Gasteiger partial charge is 0.149 e. The molecular weight excluding hydrogens is 224 g/mol. The second-order valence-electron chi connectivity index (χ2n) is 3.93. The minimum Gasteiger partial charge on any atom is -0.494 e. The van der Waals surface area contributed by atoms with E-state index in [4.69, 9.17) is 4.74 Å². The molecule has 0 aliphatic heterocycles. The van der Waals surface area contributed by atoms with Gasteiger partial charge in [-0.25, -0.2) is 0 Å². The fourth-order valence-corrected chi connectivity index (χ4v) is 2.07. The number of benzene rings is 2. The first kappa shape index (κ1) is 10.7. The number of hydrogen-bond donors (Lipinski definition) is 0. The zero-order valence-corrected chi connectivity index (χ0v) is 9.92. The lowest BCUT2D eigenvalue weighted by Crippen LogP contribution is -1.92. The Morgan fingerprint density at radius 3 is 2.78 bits per heavy atom. The van der Waals surface area contributed by atoms with E-state index in [-0.39, 0.29) is 0 Å². The van der Waals surface area contributed by atoms with Crippen LogP contribution >= 0.6 is 0 Å². The number of ether oxygens (including phenoxy) is 1. The molecule has 3 nitrogen and oxygen atoms in total. The molecule has 1 aromatic heterocycles. The van der Waals surface area contributed by atoms with Gasteiger partial charge in [-0.15, -0.1) is 5.10 Å². The molecule has 1 radical (unpaired) electrons. The second-order valence-corrected chi connectivity index (χ2v) is 3.93. The lowest BCUT2D eigenvalue weighted by molar-refractivity contribution is 0.413. The third-order valence-corrected chi connectivity index (χ3v) is 2.92. The molecule has 3 heteroatoms. The highest BCUT2D eigenvalue weighted by Gasteiger charge is 2.09. The molecule has 0 unspecified atom stereocenters. The van der Waals surface area contributed by atoms with Crippen LogP contribution in [0.2, 0.25) is 0 Å². The van der Waals surface area contributed by atoms with Gasteiger partial charge in [-0.3, -0.25) is 0 Å². The van der Waals surface area contributed by atoms with Crippen molar-refractivity contribution in [3.63, 3.8) is 0 Å². The lowest BCUT2D eigenvalue weighted by Gasteiger charge is -2.09. The van der Waals surface area contributed by atoms with Crippen molar-refractivity contribution < 1.29 is 4.74 Å². The molecule has 0 N–H and O–H groups in total. The van der Waals surface area contributed by atoms with E-state index in [0.29, 0.717) is 5.75 Å². The Balaban J connectivity index is 2.32. The largest absolute Gasteiger partial charge is 0.494 e. The van der Waals surface area contributed by atoms with Gasteiger partial charge in [0.05, 0.1) is 18.9 Å². The third-order valence-electron chi connectivity index (χ3n) is 2.92. The van der Waals surface area contributed by atoms with Crippen molar-refractivity contribution in [1.29, 1.82) is 0 Å². The van der Waals surface area contributed by atoms with Gasteiger partial charge in [0.2, 0.25) is 0 Å². The van der Waals surface area contributed by atoms with Gasteiger partial charge in [-0.05, 0) is 16.3 Å². The molecule has 0 spiro atoms. The minimum atomic E-state index is 0.682. The molecule has 0 saturated carbocycles. The van der Waals surface area contributed by atoms with E-state index >= 15 is 0 Å². The molecule has 18 heavy (non-hydrogen) atoms. The van der Waals surface area contributed by atoms with Crippen LogP contribution in [0.5, 0.6) is 5.75 Å². The van der Waals surface area contributed by atoms with E-state index < -0.39 is 0 Å². The van der Waals surface area contributed by atoms with Crippen LogP contribution in [0, 0.1) is 6.20 Å². The Hall–Kier alpha value is -2.42. The van der Waals surface area contributed by atoms with E-state index in [1.54, 1.807) is 13.3 Å². The van der Waals surface area contributed by atoms with Gasteiger partial charge in [0.15, 0.2) is 0 Å². The average Bonchev–Trinajstić information content (AvgIpc) is 2.46. The van der Waals surface area contributed by atoms with Crippen LogP contribution in [-0.4, -0.2) is 17.3 Å². The van der Waals surface area contributed by atoms with Crippen molar-refractivity contribution in [1.82, 2.24) is 10.2 Å². The van der Waals surface area contributed by atoms with Crippen molar-refractivity contribution in [3.05, 3.63) is 54.9 Å². The molecule has 2 aromatic carbocycles. The van der Waals surface area contributed by atoms with Gasteiger partial charge in [-0.2, -0.15) is 5.10 Å². The molecule has 0 fully saturated rings. The highest BCUT2D eigenvalue weighted by atomic mass is 16.5. The average molecular weight is 235 g/mol. The molecule has 0 aliphatic rings. The molecule has 3 aromatic rings. The van der Waals surface area contributed by atoms with E-state index in [2.05, 4.69) is 34.6 Å². The van der Waals surface area contributed by atoms with Crippen LogP contribution in [0.1, 0.15) is 0 Å². The van der Waals surface area contributed by atoms with Gasteiger partial charge in [0.1, 0.15) is 11.9 Å². The number of aromatic nitrogens is 2. The summed E-state index contributed by atoms with van der Waals surface area (Å²) in [7, 11) is 1.62. The summed E-state index contributed by atoms with van der Waals surface area (Å²) in [6, 6.07) is 14.4. The molecule has 0 aliphatic carbocycles. The number of nitrogens with zero attached hydrogens (tertiary/aromatic N) is 2. The summed E-state index contributed by atoms with van der Waals surface area (Å²) in [5.74, 6) is 0.682. The van der Waals surface area contributed by atoms with Crippen molar-refractivity contribution in [3.8, 4) is 16.9 Å². The van der Waals surface area contributed by atoms with Crippen LogP contribution in [0.15, 0.2) is 48.7 Å². The summed E-state index contributed by atoms with van der Waals surface area (Å²) >= 11 is 0. The fourth-order valence-electron chi connectivity index (χ4n) is 2.07. The van der Waals surface area contributed by atoms with Crippen molar-refractivity contribution in [2.45, 2.75) is 0 Å². The fraction of sp³-hybridized carbons (Fsp3) is 0.0667. The maximum Gasteiger partial charge on any atom is 0.149 e. The predicted octanol–water partition coefficient (Wildman–Crippen LogP) is 3.11. The maximum absolute atomic E-state index is 5.31. The predicted molar refractivity (Wildman–Crippen MR) is 70.4 cm³/mol. The Bertz CT molecular complexity index is 689. The van der Waals surface area contributed by atoms with Gasteiger partial charge < -0.3 is 4.74 Å². The van der Waals surface area contributed by atoms with E-state index in [1.165, 1.54) is 5.39 Å². The van der Waals surface area contributed by atoms with Gasteiger partial charge >= 0.3 is 0 Å². The summed E-state index contributed by atoms with van der Waals surface area (Å²) in [5, 5.41) is 9.95. The normalized spacial score (nSPS) is 10.5. The number of methoxy groups -OCH3 is 1. The zero-order valence-electron chi connectivity index (χ0n) is 9.92. The Morgan fingerprint density at radius 1 is 1.06 bits per heavy atom. The zero-order chi connectivity index (χ0) is 12.4. The summed E-state index contributed by atoms with van der Waals surface area (Å²) < 4.78 is 5.31. The number of rotatable bonds is 2. The van der Waals surface area contributed by atoms with Gasteiger partial charge in [-0.1, -0.05) is 42.5 Å². The van der Waals surface area contributed by atoms with E-state index in [0.717, 1.165) is 16.5 Å². The van der Waals surface area contributed by atoms with Crippen molar-refractivity contribution in [2.75, 3.05) is 7.11 Å². The first-order valence-corrected chi connectivity index (χ1v) is 5.65. The Kier molecular flexibility index (Phi) is 2.65. The van der Waals surface area contributed by atoms with Gasteiger partial charge in [0.25, 0.3) is 0 Å². The van der Waals surface area contributed by atoms with Gasteiger partial charge in [0, 0.05) is 0 Å².